The van der Waals surface area contributed by atoms with E-state index in [0.29, 0.717) is 44.2 Å². The monoisotopic (exact) mass is 543 g/mol. The van der Waals surface area contributed by atoms with E-state index in [1.165, 1.54) is 7.11 Å². The van der Waals surface area contributed by atoms with Crippen molar-refractivity contribution in [2.75, 3.05) is 13.9 Å². The van der Waals surface area contributed by atoms with Crippen LogP contribution in [0.25, 0.3) is 6.08 Å². The summed E-state index contributed by atoms with van der Waals surface area (Å²) in [6.45, 7) is 0.375. The van der Waals surface area contributed by atoms with Gasteiger partial charge >= 0.3 is 0 Å². The molecule has 2 amide bonds. The number of fused-ring (bicyclic) bond motifs is 1. The van der Waals surface area contributed by atoms with E-state index in [1.54, 1.807) is 48.5 Å². The summed E-state index contributed by atoms with van der Waals surface area (Å²) in [7, 11) is 1.54. The smallest absolute Gasteiger partial charge is 0.293 e. The second-order valence-electron chi connectivity index (χ2n) is 7.86. The Hall–Kier alpha value is -3.33. The molecule has 10 heteroatoms. The Morgan fingerprint density at radius 2 is 1.81 bits per heavy atom. The van der Waals surface area contributed by atoms with Crippen molar-refractivity contribution in [3.05, 3.63) is 86.2 Å². The van der Waals surface area contributed by atoms with Gasteiger partial charge in [0.15, 0.2) is 23.0 Å². The summed E-state index contributed by atoms with van der Waals surface area (Å²) in [5, 5.41) is 0.619. The zero-order valence-electron chi connectivity index (χ0n) is 19.0. The average Bonchev–Trinajstić information content (AvgIpc) is 3.43. The molecule has 7 nitrogen and oxygen atoms in total. The Kier molecular flexibility index (Phi) is 7.00. The normalized spacial score (nSPS) is 15.6. The lowest BCUT2D eigenvalue weighted by atomic mass is 10.1. The number of nitrogens with zero attached hydrogens (tertiary/aromatic N) is 1. The van der Waals surface area contributed by atoms with E-state index in [1.807, 2.05) is 12.1 Å². The van der Waals surface area contributed by atoms with Gasteiger partial charge in [-0.25, -0.2) is 0 Å². The lowest BCUT2D eigenvalue weighted by Gasteiger charge is -2.15. The van der Waals surface area contributed by atoms with Crippen LogP contribution in [0.2, 0.25) is 10.0 Å². The fourth-order valence-electron chi connectivity index (χ4n) is 3.73. The van der Waals surface area contributed by atoms with Gasteiger partial charge in [0.2, 0.25) is 6.79 Å². The van der Waals surface area contributed by atoms with Gasteiger partial charge in [0.05, 0.1) is 18.6 Å². The number of hydrogen-bond donors (Lipinski definition) is 0. The maximum absolute atomic E-state index is 13.2. The summed E-state index contributed by atoms with van der Waals surface area (Å²) in [5.41, 5.74) is 2.10. The van der Waals surface area contributed by atoms with Gasteiger partial charge in [-0.2, -0.15) is 0 Å². The fraction of sp³-hybridized carbons (Fsp3) is 0.154. The molecule has 1 saturated heterocycles. The molecule has 0 aliphatic carbocycles. The van der Waals surface area contributed by atoms with E-state index in [9.17, 15) is 9.59 Å². The third kappa shape index (κ3) is 4.97. The molecule has 1 fully saturated rings. The molecular weight excluding hydrogens is 525 g/mol. The number of thioether (sulfide) groups is 1. The van der Waals surface area contributed by atoms with Gasteiger partial charge in [0.25, 0.3) is 11.1 Å². The maximum atomic E-state index is 13.2. The van der Waals surface area contributed by atoms with Crippen molar-refractivity contribution in [1.82, 2.24) is 4.90 Å². The average molecular weight is 544 g/mol. The number of carbonyl (C=O) groups excluding carboxylic acids is 2. The Labute approximate surface area is 221 Å². The first-order valence-electron chi connectivity index (χ1n) is 10.8. The van der Waals surface area contributed by atoms with E-state index in [4.69, 9.17) is 42.1 Å². The van der Waals surface area contributed by atoms with Crippen LogP contribution in [0.4, 0.5) is 4.79 Å². The number of ether oxygens (including phenoxy) is 4. The SMILES string of the molecule is COc1cccc(/C=C2/SC(=O)N(Cc3cc4c(cc3Cl)OCO4)C2=O)c1OCc1ccc(Cl)cc1. The summed E-state index contributed by atoms with van der Waals surface area (Å²) in [5.74, 6) is 1.59. The number of methoxy groups -OCH3 is 1. The van der Waals surface area contributed by atoms with Crippen molar-refractivity contribution in [2.24, 2.45) is 0 Å². The molecule has 0 unspecified atom stereocenters. The molecule has 0 aromatic heterocycles. The van der Waals surface area contributed by atoms with Crippen molar-refractivity contribution >= 4 is 52.2 Å². The highest BCUT2D eigenvalue weighted by molar-refractivity contribution is 8.18. The van der Waals surface area contributed by atoms with Crippen LogP contribution >= 0.6 is 35.0 Å². The van der Waals surface area contributed by atoms with Crippen molar-refractivity contribution in [2.45, 2.75) is 13.2 Å². The minimum absolute atomic E-state index is 0.00944. The number of hydrogen-bond acceptors (Lipinski definition) is 7. The van der Waals surface area contributed by atoms with Crippen LogP contribution in [-0.2, 0) is 17.9 Å². The largest absolute Gasteiger partial charge is 0.493 e. The molecule has 0 spiro atoms. The number of imide groups is 1. The molecule has 184 valence electrons. The molecule has 2 aliphatic rings. The molecule has 0 radical (unpaired) electrons. The second kappa shape index (κ2) is 10.3. The highest BCUT2D eigenvalue weighted by Crippen LogP contribution is 2.41. The van der Waals surface area contributed by atoms with Gasteiger partial charge in [0, 0.05) is 21.7 Å². The predicted molar refractivity (Wildman–Crippen MR) is 138 cm³/mol. The first-order chi connectivity index (χ1) is 17.4. The van der Waals surface area contributed by atoms with Crippen LogP contribution in [0, 0.1) is 0 Å². The van der Waals surface area contributed by atoms with Gasteiger partial charge in [0.1, 0.15) is 6.61 Å². The zero-order valence-corrected chi connectivity index (χ0v) is 21.3. The molecule has 0 saturated carbocycles. The maximum Gasteiger partial charge on any atom is 0.293 e. The summed E-state index contributed by atoms with van der Waals surface area (Å²) >= 11 is 13.2. The van der Waals surface area contributed by atoms with E-state index in [0.717, 1.165) is 22.2 Å². The molecule has 2 heterocycles. The molecule has 3 aromatic rings. The van der Waals surface area contributed by atoms with Crippen LogP contribution in [0.15, 0.2) is 59.5 Å². The summed E-state index contributed by atoms with van der Waals surface area (Å²) in [6, 6.07) is 15.9. The first kappa shape index (κ1) is 24.4. The zero-order chi connectivity index (χ0) is 25.2. The number of amides is 2. The molecule has 2 aliphatic heterocycles. The van der Waals surface area contributed by atoms with Crippen molar-refractivity contribution in [3.63, 3.8) is 0 Å². The Morgan fingerprint density at radius 3 is 2.56 bits per heavy atom. The minimum Gasteiger partial charge on any atom is -0.493 e. The van der Waals surface area contributed by atoms with E-state index >= 15 is 0 Å². The highest BCUT2D eigenvalue weighted by Gasteiger charge is 2.36. The van der Waals surface area contributed by atoms with E-state index in [-0.39, 0.29) is 24.8 Å². The third-order valence-electron chi connectivity index (χ3n) is 5.56. The van der Waals surface area contributed by atoms with Crippen molar-refractivity contribution < 1.29 is 28.5 Å². The Morgan fingerprint density at radius 1 is 1.06 bits per heavy atom. The topological polar surface area (TPSA) is 74.3 Å². The Balaban J connectivity index is 1.39. The quantitative estimate of drug-likeness (QED) is 0.313. The van der Waals surface area contributed by atoms with Crippen molar-refractivity contribution in [3.8, 4) is 23.0 Å². The van der Waals surface area contributed by atoms with Crippen molar-refractivity contribution in [1.29, 1.82) is 0 Å². The summed E-state index contributed by atoms with van der Waals surface area (Å²) < 4.78 is 22.2. The summed E-state index contributed by atoms with van der Waals surface area (Å²) in [6.07, 6.45) is 1.63. The number of para-hydroxylation sites is 1. The lowest BCUT2D eigenvalue weighted by molar-refractivity contribution is -0.123. The van der Waals surface area contributed by atoms with Crippen LogP contribution in [0.5, 0.6) is 23.0 Å². The van der Waals surface area contributed by atoms with Gasteiger partial charge in [-0.1, -0.05) is 47.5 Å². The summed E-state index contributed by atoms with van der Waals surface area (Å²) in [4.78, 5) is 27.3. The molecule has 5 rings (SSSR count). The third-order valence-corrected chi connectivity index (χ3v) is 7.07. The first-order valence-corrected chi connectivity index (χ1v) is 12.4. The number of carbonyl (C=O) groups is 2. The molecule has 36 heavy (non-hydrogen) atoms. The second-order valence-corrected chi connectivity index (χ2v) is 9.70. The molecular formula is C26H19Cl2NO6S. The molecule has 0 bridgehead atoms. The molecule has 3 aromatic carbocycles. The van der Waals surface area contributed by atoms with Crippen LogP contribution in [0.1, 0.15) is 16.7 Å². The molecule has 0 atom stereocenters. The van der Waals surface area contributed by atoms with E-state index < -0.39 is 11.1 Å². The standard InChI is InChI=1S/C26H19Cl2NO6S/c1-32-20-4-2-3-16(24(20)33-13-15-5-7-18(27)8-6-15)10-23-25(30)29(26(31)36-23)12-17-9-21-22(11-19(17)28)35-14-34-21/h2-11H,12-14H2,1H3/b23-10+. The van der Waals surface area contributed by atoms with Gasteiger partial charge in [-0.3, -0.25) is 14.5 Å². The highest BCUT2D eigenvalue weighted by atomic mass is 35.5. The number of halogens is 2. The van der Waals surface area contributed by atoms with Gasteiger partial charge in [-0.15, -0.1) is 0 Å². The molecule has 0 N–H and O–H groups in total. The van der Waals surface area contributed by atoms with E-state index in [2.05, 4.69) is 0 Å². The van der Waals surface area contributed by atoms with Gasteiger partial charge in [-0.05, 0) is 53.2 Å². The minimum atomic E-state index is -0.426. The lowest BCUT2D eigenvalue weighted by Crippen LogP contribution is -2.27. The Bertz CT molecular complexity index is 1380. The van der Waals surface area contributed by atoms with Crippen LogP contribution < -0.4 is 18.9 Å². The van der Waals surface area contributed by atoms with Crippen LogP contribution in [0.3, 0.4) is 0 Å². The number of benzene rings is 3. The van der Waals surface area contributed by atoms with Gasteiger partial charge < -0.3 is 18.9 Å². The predicted octanol–water partition coefficient (Wildman–Crippen LogP) is 6.55. The van der Waals surface area contributed by atoms with Crippen LogP contribution in [-0.4, -0.2) is 29.9 Å². The number of rotatable bonds is 7. The fourth-order valence-corrected chi connectivity index (χ4v) is 4.89.